The van der Waals surface area contributed by atoms with E-state index in [0.29, 0.717) is 11.8 Å². The number of rotatable bonds is 2. The standard InChI is InChI=1S/C14H19NOS/c16-14-11(9-17)8-10-4-3-7-13(10)15(14)12-5-1-2-6-12/h8,12,17H,1-7,9H2. The van der Waals surface area contributed by atoms with Crippen LogP contribution in [0.4, 0.5) is 0 Å². The normalized spacial score (nSPS) is 19.8. The Kier molecular flexibility index (Phi) is 3.03. The fourth-order valence-corrected chi connectivity index (χ4v) is 3.62. The SMILES string of the molecule is O=c1c(CS)cc2c(n1C1CCCC1)CCC2. The van der Waals surface area contributed by atoms with E-state index in [1.54, 1.807) is 0 Å². The number of thiol groups is 1. The third kappa shape index (κ3) is 1.85. The minimum absolute atomic E-state index is 0.229. The molecule has 0 spiro atoms. The molecule has 2 aliphatic carbocycles. The van der Waals surface area contributed by atoms with Crippen LogP contribution in [0, 0.1) is 0 Å². The van der Waals surface area contributed by atoms with Crippen molar-refractivity contribution in [3.05, 3.63) is 33.2 Å². The number of aryl methyl sites for hydroxylation is 1. The van der Waals surface area contributed by atoms with E-state index < -0.39 is 0 Å². The molecule has 2 aliphatic rings. The zero-order valence-corrected chi connectivity index (χ0v) is 11.0. The molecular formula is C14H19NOS. The van der Waals surface area contributed by atoms with Crippen molar-refractivity contribution >= 4 is 12.6 Å². The molecule has 0 atom stereocenters. The summed E-state index contributed by atoms with van der Waals surface area (Å²) in [6.07, 6.45) is 8.35. The Balaban J connectivity index is 2.17. The van der Waals surface area contributed by atoms with E-state index in [1.807, 2.05) is 0 Å². The molecule has 0 N–H and O–H groups in total. The van der Waals surface area contributed by atoms with Crippen LogP contribution in [0.5, 0.6) is 0 Å². The van der Waals surface area contributed by atoms with E-state index in [-0.39, 0.29) is 5.56 Å². The molecule has 1 saturated carbocycles. The maximum atomic E-state index is 12.5. The molecule has 0 unspecified atom stereocenters. The second-order valence-electron chi connectivity index (χ2n) is 5.27. The number of aromatic nitrogens is 1. The fourth-order valence-electron chi connectivity index (χ4n) is 3.39. The van der Waals surface area contributed by atoms with Crippen molar-refractivity contribution in [2.24, 2.45) is 0 Å². The zero-order chi connectivity index (χ0) is 11.8. The van der Waals surface area contributed by atoms with E-state index in [9.17, 15) is 4.79 Å². The Morgan fingerprint density at radius 2 is 2.00 bits per heavy atom. The Morgan fingerprint density at radius 1 is 1.24 bits per heavy atom. The molecule has 0 amide bonds. The maximum absolute atomic E-state index is 12.5. The third-order valence-corrected chi connectivity index (χ3v) is 4.56. The van der Waals surface area contributed by atoms with Crippen molar-refractivity contribution in [1.29, 1.82) is 0 Å². The Hall–Kier alpha value is -0.700. The molecule has 0 aromatic carbocycles. The van der Waals surface area contributed by atoms with Crippen LogP contribution in [0.2, 0.25) is 0 Å². The summed E-state index contributed by atoms with van der Waals surface area (Å²) in [4.78, 5) is 12.5. The molecule has 17 heavy (non-hydrogen) atoms. The molecule has 92 valence electrons. The lowest BCUT2D eigenvalue weighted by Crippen LogP contribution is -2.29. The lowest BCUT2D eigenvalue weighted by molar-refractivity contribution is 0.483. The summed E-state index contributed by atoms with van der Waals surface area (Å²) in [5.74, 6) is 0.568. The van der Waals surface area contributed by atoms with Crippen LogP contribution >= 0.6 is 12.6 Å². The molecule has 3 heteroatoms. The topological polar surface area (TPSA) is 22.0 Å². The first-order chi connectivity index (χ1) is 8.31. The second-order valence-corrected chi connectivity index (χ2v) is 5.58. The smallest absolute Gasteiger partial charge is 0.255 e. The number of hydrogen-bond donors (Lipinski definition) is 1. The zero-order valence-electron chi connectivity index (χ0n) is 10.1. The molecular weight excluding hydrogens is 230 g/mol. The van der Waals surface area contributed by atoms with Crippen molar-refractivity contribution in [2.45, 2.75) is 56.7 Å². The molecule has 1 heterocycles. The average molecular weight is 249 g/mol. The highest BCUT2D eigenvalue weighted by atomic mass is 32.1. The van der Waals surface area contributed by atoms with Crippen LogP contribution in [0.15, 0.2) is 10.9 Å². The van der Waals surface area contributed by atoms with Gasteiger partial charge in [-0.3, -0.25) is 4.79 Å². The summed E-state index contributed by atoms with van der Waals surface area (Å²) in [7, 11) is 0. The minimum Gasteiger partial charge on any atom is -0.309 e. The van der Waals surface area contributed by atoms with Crippen LogP contribution < -0.4 is 5.56 Å². The van der Waals surface area contributed by atoms with Crippen molar-refractivity contribution in [3.8, 4) is 0 Å². The molecule has 2 nitrogen and oxygen atoms in total. The van der Waals surface area contributed by atoms with Crippen LogP contribution in [0.25, 0.3) is 0 Å². The lowest BCUT2D eigenvalue weighted by Gasteiger charge is -2.19. The highest BCUT2D eigenvalue weighted by Crippen LogP contribution is 2.32. The first-order valence-electron chi connectivity index (χ1n) is 6.68. The van der Waals surface area contributed by atoms with Gasteiger partial charge in [-0.15, -0.1) is 0 Å². The van der Waals surface area contributed by atoms with E-state index in [1.165, 1.54) is 43.4 Å². The average Bonchev–Trinajstić information content (AvgIpc) is 2.97. The predicted octanol–water partition coefficient (Wildman–Crippen LogP) is 2.88. The van der Waals surface area contributed by atoms with E-state index in [2.05, 4.69) is 23.3 Å². The summed E-state index contributed by atoms with van der Waals surface area (Å²) < 4.78 is 2.13. The number of hydrogen-bond acceptors (Lipinski definition) is 2. The monoisotopic (exact) mass is 249 g/mol. The summed E-state index contributed by atoms with van der Waals surface area (Å²) in [6, 6.07) is 2.57. The molecule has 3 rings (SSSR count). The largest absolute Gasteiger partial charge is 0.309 e. The van der Waals surface area contributed by atoms with Gasteiger partial charge in [0.2, 0.25) is 0 Å². The second kappa shape index (κ2) is 4.52. The first kappa shape index (κ1) is 11.4. The van der Waals surface area contributed by atoms with Crippen molar-refractivity contribution in [3.63, 3.8) is 0 Å². The van der Waals surface area contributed by atoms with Crippen molar-refractivity contribution in [2.75, 3.05) is 0 Å². The van der Waals surface area contributed by atoms with Gasteiger partial charge in [-0.2, -0.15) is 12.6 Å². The van der Waals surface area contributed by atoms with Gasteiger partial charge in [0, 0.05) is 23.1 Å². The Morgan fingerprint density at radius 3 is 2.71 bits per heavy atom. The van der Waals surface area contributed by atoms with E-state index in [4.69, 9.17) is 0 Å². The highest BCUT2D eigenvalue weighted by molar-refractivity contribution is 7.79. The van der Waals surface area contributed by atoms with Crippen LogP contribution in [0.3, 0.4) is 0 Å². The van der Waals surface area contributed by atoms with Crippen LogP contribution in [-0.2, 0) is 18.6 Å². The quantitative estimate of drug-likeness (QED) is 0.800. The van der Waals surface area contributed by atoms with Gasteiger partial charge in [0.1, 0.15) is 0 Å². The molecule has 1 aromatic rings. The number of fused-ring (bicyclic) bond motifs is 1. The summed E-state index contributed by atoms with van der Waals surface area (Å²) >= 11 is 4.30. The van der Waals surface area contributed by atoms with Crippen LogP contribution in [0.1, 0.15) is 55.0 Å². The summed E-state index contributed by atoms with van der Waals surface area (Å²) in [5, 5.41) is 0. The van der Waals surface area contributed by atoms with E-state index >= 15 is 0 Å². The summed E-state index contributed by atoms with van der Waals surface area (Å²) in [6.45, 7) is 0. The van der Waals surface area contributed by atoms with Crippen molar-refractivity contribution in [1.82, 2.24) is 4.57 Å². The fraction of sp³-hybridized carbons (Fsp3) is 0.643. The van der Waals surface area contributed by atoms with Gasteiger partial charge in [0.25, 0.3) is 5.56 Å². The maximum Gasteiger partial charge on any atom is 0.255 e. The predicted molar refractivity (Wildman–Crippen MR) is 72.9 cm³/mol. The minimum atomic E-state index is 0.229. The lowest BCUT2D eigenvalue weighted by atomic mass is 10.1. The molecule has 0 radical (unpaired) electrons. The first-order valence-corrected chi connectivity index (χ1v) is 7.31. The summed E-state index contributed by atoms with van der Waals surface area (Å²) in [5.41, 5.74) is 3.85. The Labute approximate surface area is 107 Å². The van der Waals surface area contributed by atoms with Gasteiger partial charge in [-0.1, -0.05) is 12.8 Å². The van der Waals surface area contributed by atoms with E-state index in [0.717, 1.165) is 18.4 Å². The molecule has 1 fully saturated rings. The van der Waals surface area contributed by atoms with Gasteiger partial charge in [0.05, 0.1) is 0 Å². The molecule has 1 aromatic heterocycles. The number of pyridine rings is 1. The van der Waals surface area contributed by atoms with Crippen molar-refractivity contribution < 1.29 is 0 Å². The number of nitrogens with zero attached hydrogens (tertiary/aromatic N) is 1. The van der Waals surface area contributed by atoms with Gasteiger partial charge in [-0.25, -0.2) is 0 Å². The highest BCUT2D eigenvalue weighted by Gasteiger charge is 2.25. The van der Waals surface area contributed by atoms with Gasteiger partial charge in [-0.05, 0) is 43.7 Å². The van der Waals surface area contributed by atoms with Crippen LogP contribution in [-0.4, -0.2) is 4.57 Å². The van der Waals surface area contributed by atoms with Gasteiger partial charge >= 0.3 is 0 Å². The Bertz CT molecular complexity index is 486. The molecule has 0 saturated heterocycles. The van der Waals surface area contributed by atoms with Gasteiger partial charge < -0.3 is 4.57 Å². The molecule has 0 bridgehead atoms. The molecule has 0 aliphatic heterocycles. The van der Waals surface area contributed by atoms with Gasteiger partial charge in [0.15, 0.2) is 0 Å². The third-order valence-electron chi connectivity index (χ3n) is 4.22.